The van der Waals surface area contributed by atoms with Crippen LogP contribution in [0.4, 0.5) is 5.69 Å². The summed E-state index contributed by atoms with van der Waals surface area (Å²) in [6, 6.07) is 14.9. The van der Waals surface area contributed by atoms with Gasteiger partial charge in [-0.3, -0.25) is 14.9 Å². The molecule has 0 radical (unpaired) electrons. The fraction of sp³-hybridized carbons (Fsp3) is 0.174. The number of ether oxygens (including phenoxy) is 1. The summed E-state index contributed by atoms with van der Waals surface area (Å²) in [5, 5.41) is 23.2. The molecular formula is C23H17N3O5. The van der Waals surface area contributed by atoms with Crippen molar-refractivity contribution in [2.75, 3.05) is 6.61 Å². The molecule has 2 aliphatic rings. The zero-order valence-corrected chi connectivity index (χ0v) is 16.5. The SMILES string of the molecule is CC1=C(C(=O)OCCC#N)[C@@H](c2cccc([N+](=O)[O-])c2)C2=C(N1)c1ccccc1C2=O. The van der Waals surface area contributed by atoms with Gasteiger partial charge in [-0.15, -0.1) is 0 Å². The van der Waals surface area contributed by atoms with Crippen molar-refractivity contribution in [3.8, 4) is 6.07 Å². The molecule has 31 heavy (non-hydrogen) atoms. The monoisotopic (exact) mass is 415 g/mol. The van der Waals surface area contributed by atoms with Crippen LogP contribution >= 0.6 is 0 Å². The van der Waals surface area contributed by atoms with Gasteiger partial charge >= 0.3 is 5.97 Å². The van der Waals surface area contributed by atoms with E-state index in [1.807, 2.05) is 18.2 Å². The van der Waals surface area contributed by atoms with Crippen molar-refractivity contribution in [3.05, 3.63) is 92.2 Å². The average molecular weight is 415 g/mol. The van der Waals surface area contributed by atoms with Crippen LogP contribution < -0.4 is 5.32 Å². The molecule has 2 aromatic carbocycles. The van der Waals surface area contributed by atoms with Gasteiger partial charge in [0.15, 0.2) is 5.78 Å². The number of carbonyl (C=O) groups is 2. The molecule has 0 saturated heterocycles. The third-order valence-corrected chi connectivity index (χ3v) is 5.33. The number of hydrogen-bond donors (Lipinski definition) is 1. The lowest BCUT2D eigenvalue weighted by atomic mass is 9.79. The lowest BCUT2D eigenvalue weighted by Gasteiger charge is -2.29. The van der Waals surface area contributed by atoms with E-state index >= 15 is 0 Å². The molecule has 0 spiro atoms. The smallest absolute Gasteiger partial charge is 0.336 e. The van der Waals surface area contributed by atoms with E-state index in [2.05, 4.69) is 5.32 Å². The first-order valence-electron chi connectivity index (χ1n) is 9.58. The number of ketones is 1. The molecule has 0 amide bonds. The highest BCUT2D eigenvalue weighted by atomic mass is 16.6. The van der Waals surface area contributed by atoms with Crippen LogP contribution in [0.5, 0.6) is 0 Å². The summed E-state index contributed by atoms with van der Waals surface area (Å²) in [4.78, 5) is 37.1. The maximum Gasteiger partial charge on any atom is 0.336 e. The fourth-order valence-electron chi connectivity index (χ4n) is 4.02. The summed E-state index contributed by atoms with van der Waals surface area (Å²) in [7, 11) is 0. The molecule has 2 aromatic rings. The van der Waals surface area contributed by atoms with Gasteiger partial charge in [0.25, 0.3) is 5.69 Å². The standard InChI is InChI=1S/C23H17N3O5/c1-13-18(23(28)31-11-5-10-24)19(14-6-4-7-15(12-14)26(29)30)20-21(25-13)16-8-2-3-9-17(16)22(20)27/h2-4,6-9,12,19,25H,5,11H2,1H3/t19-/m1/s1. The first kappa shape index (κ1) is 20.0. The van der Waals surface area contributed by atoms with Crippen LogP contribution in [-0.2, 0) is 9.53 Å². The zero-order valence-electron chi connectivity index (χ0n) is 16.5. The first-order valence-corrected chi connectivity index (χ1v) is 9.58. The number of allylic oxidation sites excluding steroid dienone is 2. The lowest BCUT2D eigenvalue weighted by Crippen LogP contribution is -2.29. The molecular weight excluding hydrogens is 398 g/mol. The highest BCUT2D eigenvalue weighted by Gasteiger charge is 2.43. The van der Waals surface area contributed by atoms with Crippen LogP contribution in [0.2, 0.25) is 0 Å². The number of nitrogens with zero attached hydrogens (tertiary/aromatic N) is 2. The number of dihydropyridines is 1. The second-order valence-electron chi connectivity index (χ2n) is 7.16. The number of non-ortho nitro benzene ring substituents is 1. The maximum absolute atomic E-state index is 13.3. The summed E-state index contributed by atoms with van der Waals surface area (Å²) in [6.07, 6.45) is 0.0330. The Kier molecular flexibility index (Phi) is 5.09. The number of hydrogen-bond acceptors (Lipinski definition) is 7. The predicted octanol–water partition coefficient (Wildman–Crippen LogP) is 3.62. The van der Waals surface area contributed by atoms with Gasteiger partial charge in [0.1, 0.15) is 6.61 Å². The number of fused-ring (bicyclic) bond motifs is 2. The van der Waals surface area contributed by atoms with Crippen LogP contribution in [0.3, 0.4) is 0 Å². The Labute approximate surface area is 177 Å². The molecule has 8 heteroatoms. The van der Waals surface area contributed by atoms with Crippen molar-refractivity contribution in [2.45, 2.75) is 19.3 Å². The molecule has 1 atom stereocenters. The number of carbonyl (C=O) groups excluding carboxylic acids is 2. The number of benzene rings is 2. The normalized spacial score (nSPS) is 16.9. The summed E-state index contributed by atoms with van der Waals surface area (Å²) in [6.45, 7) is 1.61. The van der Waals surface area contributed by atoms with E-state index in [1.54, 1.807) is 25.1 Å². The number of nitrogens with one attached hydrogen (secondary N) is 1. The van der Waals surface area contributed by atoms with E-state index in [4.69, 9.17) is 10.00 Å². The second kappa shape index (κ2) is 7.88. The molecule has 0 bridgehead atoms. The Morgan fingerprint density at radius 1 is 1.23 bits per heavy atom. The van der Waals surface area contributed by atoms with Gasteiger partial charge in [0, 0.05) is 40.4 Å². The molecule has 1 aliphatic heterocycles. The van der Waals surface area contributed by atoms with Crippen LogP contribution in [0, 0.1) is 21.4 Å². The molecule has 0 saturated carbocycles. The van der Waals surface area contributed by atoms with Gasteiger partial charge in [-0.2, -0.15) is 5.26 Å². The van der Waals surface area contributed by atoms with Gasteiger partial charge in [0.2, 0.25) is 0 Å². The minimum atomic E-state index is -0.842. The number of nitro groups is 1. The Bertz CT molecular complexity index is 1240. The van der Waals surface area contributed by atoms with Gasteiger partial charge < -0.3 is 10.1 Å². The van der Waals surface area contributed by atoms with Crippen molar-refractivity contribution in [1.82, 2.24) is 5.32 Å². The number of Topliss-reactive ketones (excluding diaryl/α,β-unsaturated/α-hetero) is 1. The number of nitro benzene ring substituents is 1. The molecule has 0 aromatic heterocycles. The van der Waals surface area contributed by atoms with E-state index in [-0.39, 0.29) is 30.1 Å². The summed E-state index contributed by atoms with van der Waals surface area (Å²) < 4.78 is 5.26. The van der Waals surface area contributed by atoms with Crippen LogP contribution in [0.25, 0.3) is 5.70 Å². The molecule has 0 unspecified atom stereocenters. The molecule has 154 valence electrons. The van der Waals surface area contributed by atoms with Crippen LogP contribution in [-0.4, -0.2) is 23.3 Å². The van der Waals surface area contributed by atoms with Crippen molar-refractivity contribution in [3.63, 3.8) is 0 Å². The second-order valence-corrected chi connectivity index (χ2v) is 7.16. The quantitative estimate of drug-likeness (QED) is 0.342. The molecule has 1 aliphatic carbocycles. The minimum absolute atomic E-state index is 0.0330. The topological polar surface area (TPSA) is 122 Å². The van der Waals surface area contributed by atoms with Crippen LogP contribution in [0.15, 0.2) is 65.4 Å². The van der Waals surface area contributed by atoms with Gasteiger partial charge in [-0.25, -0.2) is 4.79 Å². The lowest BCUT2D eigenvalue weighted by molar-refractivity contribution is -0.384. The van der Waals surface area contributed by atoms with E-state index in [9.17, 15) is 19.7 Å². The Balaban J connectivity index is 1.88. The third-order valence-electron chi connectivity index (χ3n) is 5.33. The van der Waals surface area contributed by atoms with E-state index in [1.165, 1.54) is 18.2 Å². The van der Waals surface area contributed by atoms with Gasteiger partial charge in [0.05, 0.1) is 28.7 Å². The largest absolute Gasteiger partial charge is 0.461 e. The highest BCUT2D eigenvalue weighted by molar-refractivity contribution is 6.23. The summed E-state index contributed by atoms with van der Waals surface area (Å²) >= 11 is 0. The Morgan fingerprint density at radius 2 is 1.97 bits per heavy atom. The molecule has 1 heterocycles. The molecule has 8 nitrogen and oxygen atoms in total. The van der Waals surface area contributed by atoms with E-state index in [0.29, 0.717) is 33.7 Å². The number of rotatable bonds is 5. The van der Waals surface area contributed by atoms with E-state index in [0.717, 1.165) is 0 Å². The Morgan fingerprint density at radius 3 is 2.68 bits per heavy atom. The summed E-state index contributed by atoms with van der Waals surface area (Å²) in [5.74, 6) is -1.76. The van der Waals surface area contributed by atoms with Gasteiger partial charge in [-0.1, -0.05) is 36.4 Å². The predicted molar refractivity (Wildman–Crippen MR) is 111 cm³/mol. The maximum atomic E-state index is 13.3. The highest BCUT2D eigenvalue weighted by Crippen LogP contribution is 2.47. The number of esters is 1. The molecule has 1 N–H and O–H groups in total. The first-order chi connectivity index (χ1) is 14.9. The van der Waals surface area contributed by atoms with Crippen molar-refractivity contribution < 1.29 is 19.2 Å². The fourth-order valence-corrected chi connectivity index (χ4v) is 4.02. The molecule has 0 fully saturated rings. The van der Waals surface area contributed by atoms with E-state index < -0.39 is 16.8 Å². The summed E-state index contributed by atoms with van der Waals surface area (Å²) in [5.41, 5.74) is 3.13. The van der Waals surface area contributed by atoms with Crippen molar-refractivity contribution in [2.24, 2.45) is 0 Å². The van der Waals surface area contributed by atoms with Crippen molar-refractivity contribution >= 4 is 23.1 Å². The van der Waals surface area contributed by atoms with Gasteiger partial charge in [-0.05, 0) is 12.5 Å². The van der Waals surface area contributed by atoms with Crippen LogP contribution in [0.1, 0.15) is 40.7 Å². The molecule has 4 rings (SSSR count). The minimum Gasteiger partial charge on any atom is -0.461 e. The zero-order chi connectivity index (χ0) is 22.1. The van der Waals surface area contributed by atoms with Crippen molar-refractivity contribution in [1.29, 1.82) is 5.26 Å². The third kappa shape index (κ3) is 3.36. The Hall–Kier alpha value is -4.25. The number of nitriles is 1. The average Bonchev–Trinajstić information content (AvgIpc) is 3.05.